The van der Waals surface area contributed by atoms with E-state index in [1.807, 2.05) is 48.2 Å². The minimum Gasteiger partial charge on any atom is -0.378 e. The summed E-state index contributed by atoms with van der Waals surface area (Å²) in [6.45, 7) is 8.40. The van der Waals surface area contributed by atoms with E-state index in [4.69, 9.17) is 4.74 Å². The molecule has 2 aromatic rings. The minimum atomic E-state index is -0.478. The summed E-state index contributed by atoms with van der Waals surface area (Å²) in [6, 6.07) is 15.4. The zero-order chi connectivity index (χ0) is 21.1. The summed E-state index contributed by atoms with van der Waals surface area (Å²) in [7, 11) is 0. The Morgan fingerprint density at radius 1 is 1.03 bits per heavy atom. The number of hydrogen-bond acceptors (Lipinski definition) is 4. The summed E-state index contributed by atoms with van der Waals surface area (Å²) >= 11 is 0. The van der Waals surface area contributed by atoms with Gasteiger partial charge in [0.2, 0.25) is 5.91 Å². The van der Waals surface area contributed by atoms with Crippen LogP contribution in [0.5, 0.6) is 0 Å². The fourth-order valence-corrected chi connectivity index (χ4v) is 4.28. The quantitative estimate of drug-likeness (QED) is 0.782. The minimum absolute atomic E-state index is 0.0000373. The Morgan fingerprint density at radius 3 is 2.57 bits per heavy atom. The van der Waals surface area contributed by atoms with Crippen molar-refractivity contribution in [2.24, 2.45) is 0 Å². The van der Waals surface area contributed by atoms with Gasteiger partial charge in [-0.1, -0.05) is 42.0 Å². The molecule has 0 spiro atoms. The zero-order valence-corrected chi connectivity index (χ0v) is 17.7. The second kappa shape index (κ2) is 8.88. The van der Waals surface area contributed by atoms with Crippen LogP contribution >= 0.6 is 0 Å². The lowest BCUT2D eigenvalue weighted by atomic mass is 10.1. The summed E-state index contributed by atoms with van der Waals surface area (Å²) in [5.74, 6) is -0.0758. The molecule has 2 fully saturated rings. The van der Waals surface area contributed by atoms with Gasteiger partial charge >= 0.3 is 0 Å². The predicted octanol–water partition coefficient (Wildman–Crippen LogP) is 2.70. The molecule has 2 aliphatic rings. The molecule has 0 radical (unpaired) electrons. The van der Waals surface area contributed by atoms with E-state index in [0.717, 1.165) is 24.3 Å². The van der Waals surface area contributed by atoms with Crippen LogP contribution in [0, 0.1) is 6.92 Å². The number of nitrogens with zero attached hydrogens (tertiary/aromatic N) is 3. The topological polar surface area (TPSA) is 53.1 Å². The Balaban J connectivity index is 1.49. The normalized spacial score (nSPS) is 19.9. The summed E-state index contributed by atoms with van der Waals surface area (Å²) in [5.41, 5.74) is 3.88. The Bertz CT molecular complexity index is 923. The third-order valence-corrected chi connectivity index (χ3v) is 5.95. The van der Waals surface area contributed by atoms with Crippen molar-refractivity contribution in [2.75, 3.05) is 44.3 Å². The molecular weight excluding hydrogens is 378 g/mol. The van der Waals surface area contributed by atoms with Crippen molar-refractivity contribution in [2.45, 2.75) is 26.4 Å². The molecular formula is C24H29N3O3. The van der Waals surface area contributed by atoms with E-state index < -0.39 is 6.04 Å². The van der Waals surface area contributed by atoms with E-state index in [0.29, 0.717) is 38.4 Å². The van der Waals surface area contributed by atoms with E-state index in [2.05, 4.69) is 24.0 Å². The number of carbonyl (C=O) groups is 2. The summed E-state index contributed by atoms with van der Waals surface area (Å²) in [6.07, 6.45) is 0. The van der Waals surface area contributed by atoms with Crippen LogP contribution in [-0.4, -0.2) is 67.0 Å². The predicted molar refractivity (Wildman–Crippen MR) is 117 cm³/mol. The number of morpholine rings is 1. The molecule has 1 atom stereocenters. The van der Waals surface area contributed by atoms with Crippen LogP contribution in [0.4, 0.5) is 5.69 Å². The van der Waals surface area contributed by atoms with E-state index in [1.54, 1.807) is 4.90 Å². The van der Waals surface area contributed by atoms with E-state index >= 15 is 0 Å². The summed E-state index contributed by atoms with van der Waals surface area (Å²) in [5, 5.41) is 0. The van der Waals surface area contributed by atoms with E-state index in [1.165, 1.54) is 5.56 Å². The van der Waals surface area contributed by atoms with Crippen molar-refractivity contribution in [3.63, 3.8) is 0 Å². The maximum Gasteiger partial charge on any atom is 0.256 e. The van der Waals surface area contributed by atoms with Gasteiger partial charge in [0, 0.05) is 38.4 Å². The molecule has 0 N–H and O–H groups in total. The molecule has 2 aromatic carbocycles. The molecule has 1 unspecified atom stereocenters. The van der Waals surface area contributed by atoms with E-state index in [-0.39, 0.29) is 11.8 Å². The van der Waals surface area contributed by atoms with Crippen LogP contribution in [0.25, 0.3) is 0 Å². The van der Waals surface area contributed by atoms with Crippen molar-refractivity contribution >= 4 is 17.5 Å². The first kappa shape index (κ1) is 20.4. The van der Waals surface area contributed by atoms with Gasteiger partial charge in [-0.25, -0.2) is 0 Å². The molecule has 0 aliphatic carbocycles. The number of aryl methyl sites for hydroxylation is 1. The van der Waals surface area contributed by atoms with Crippen LogP contribution in [-0.2, 0) is 16.1 Å². The number of para-hydroxylation sites is 1. The highest BCUT2D eigenvalue weighted by Gasteiger charge is 2.35. The molecule has 6 nitrogen and oxygen atoms in total. The number of anilines is 1. The fraction of sp³-hybridized carbons (Fsp3) is 0.417. The largest absolute Gasteiger partial charge is 0.378 e. The highest BCUT2D eigenvalue weighted by Crippen LogP contribution is 2.25. The Morgan fingerprint density at radius 2 is 1.80 bits per heavy atom. The number of amides is 2. The van der Waals surface area contributed by atoms with Crippen LogP contribution in [0.3, 0.4) is 0 Å². The second-order valence-electron chi connectivity index (χ2n) is 8.04. The summed E-state index contributed by atoms with van der Waals surface area (Å²) < 4.78 is 5.45. The lowest BCUT2D eigenvalue weighted by Crippen LogP contribution is -2.57. The molecule has 158 valence electrons. The molecule has 2 aliphatic heterocycles. The lowest BCUT2D eigenvalue weighted by Gasteiger charge is -2.40. The third-order valence-electron chi connectivity index (χ3n) is 5.95. The van der Waals surface area contributed by atoms with Gasteiger partial charge in [0.1, 0.15) is 6.04 Å². The lowest BCUT2D eigenvalue weighted by molar-refractivity contribution is -0.140. The fourth-order valence-electron chi connectivity index (χ4n) is 4.28. The first-order valence-electron chi connectivity index (χ1n) is 10.6. The van der Waals surface area contributed by atoms with Crippen molar-refractivity contribution < 1.29 is 14.3 Å². The van der Waals surface area contributed by atoms with Gasteiger partial charge < -0.3 is 19.4 Å². The molecule has 2 amide bonds. The molecule has 0 saturated carbocycles. The van der Waals surface area contributed by atoms with Crippen molar-refractivity contribution in [1.29, 1.82) is 0 Å². The van der Waals surface area contributed by atoms with Crippen LogP contribution in [0.15, 0.2) is 48.5 Å². The number of ether oxygens (including phenoxy) is 1. The molecule has 6 heteroatoms. The Hall–Kier alpha value is -2.86. The standard InChI is InChI=1S/C24H29N3O3/c1-18-6-5-7-20(16-18)17-26-10-11-27(19(2)23(26)28)24(29)21-8-3-4-9-22(21)25-12-14-30-15-13-25/h3-9,16,19H,10-15,17H2,1-2H3. The average molecular weight is 408 g/mol. The maximum atomic E-state index is 13.4. The smallest absolute Gasteiger partial charge is 0.256 e. The third kappa shape index (κ3) is 4.19. The van der Waals surface area contributed by atoms with Crippen LogP contribution in [0.2, 0.25) is 0 Å². The van der Waals surface area contributed by atoms with Crippen molar-refractivity contribution in [1.82, 2.24) is 9.80 Å². The molecule has 2 saturated heterocycles. The number of piperazine rings is 1. The number of carbonyl (C=O) groups excluding carboxylic acids is 2. The first-order valence-corrected chi connectivity index (χ1v) is 10.6. The number of benzene rings is 2. The molecule has 30 heavy (non-hydrogen) atoms. The number of hydrogen-bond donors (Lipinski definition) is 0. The van der Waals surface area contributed by atoms with Crippen molar-refractivity contribution in [3.05, 3.63) is 65.2 Å². The number of rotatable bonds is 4. The molecule has 0 aromatic heterocycles. The summed E-state index contributed by atoms with van der Waals surface area (Å²) in [4.78, 5) is 32.2. The Kier molecular flexibility index (Phi) is 6.04. The van der Waals surface area contributed by atoms with Crippen LogP contribution < -0.4 is 4.90 Å². The van der Waals surface area contributed by atoms with E-state index in [9.17, 15) is 9.59 Å². The first-order chi connectivity index (χ1) is 14.5. The van der Waals surface area contributed by atoms with Gasteiger partial charge in [-0.15, -0.1) is 0 Å². The van der Waals surface area contributed by atoms with Gasteiger partial charge in [-0.3, -0.25) is 9.59 Å². The zero-order valence-electron chi connectivity index (χ0n) is 17.7. The SMILES string of the molecule is Cc1cccc(CN2CCN(C(=O)c3ccccc3N3CCOCC3)C(C)C2=O)c1. The molecule has 2 heterocycles. The van der Waals surface area contributed by atoms with Gasteiger partial charge in [-0.2, -0.15) is 0 Å². The Labute approximate surface area is 178 Å². The monoisotopic (exact) mass is 407 g/mol. The van der Waals surface area contributed by atoms with Crippen molar-refractivity contribution in [3.8, 4) is 0 Å². The maximum absolute atomic E-state index is 13.4. The molecule has 0 bridgehead atoms. The van der Waals surface area contributed by atoms with Gasteiger partial charge in [0.25, 0.3) is 5.91 Å². The van der Waals surface area contributed by atoms with Gasteiger partial charge in [-0.05, 0) is 31.5 Å². The van der Waals surface area contributed by atoms with Gasteiger partial charge in [0.05, 0.1) is 18.8 Å². The highest BCUT2D eigenvalue weighted by atomic mass is 16.5. The molecule has 4 rings (SSSR count). The second-order valence-corrected chi connectivity index (χ2v) is 8.04. The van der Waals surface area contributed by atoms with Crippen LogP contribution in [0.1, 0.15) is 28.4 Å². The average Bonchev–Trinajstić information content (AvgIpc) is 2.77. The highest BCUT2D eigenvalue weighted by molar-refractivity contribution is 6.02. The van der Waals surface area contributed by atoms with Gasteiger partial charge in [0.15, 0.2) is 0 Å².